The van der Waals surface area contributed by atoms with Crippen LogP contribution in [0, 0.1) is 0 Å². The van der Waals surface area contributed by atoms with Crippen LogP contribution in [0.4, 0.5) is 0 Å². The fraction of sp³-hybridized carbons (Fsp3) is 0.667. The summed E-state index contributed by atoms with van der Waals surface area (Å²) in [6.07, 6.45) is 0.332. The molecule has 0 saturated carbocycles. The minimum atomic E-state index is -2.89. The summed E-state index contributed by atoms with van der Waals surface area (Å²) in [5, 5.41) is 0. The van der Waals surface area contributed by atoms with Gasteiger partial charge < -0.3 is 4.89 Å². The Balaban J connectivity index is 4.20. The zero-order valence-corrected chi connectivity index (χ0v) is 6.98. The van der Waals surface area contributed by atoms with Crippen LogP contribution in [0.15, 0.2) is 11.4 Å². The molecule has 0 aliphatic carbocycles. The average molecular weight is 148 g/mol. The van der Waals surface area contributed by atoms with Gasteiger partial charge in [-0.15, -0.1) is 0 Å². The SMILES string of the molecule is CCP(=O)(O)C=C(C)C. The number of hydrogen-bond donors (Lipinski definition) is 1. The second-order valence-electron chi connectivity index (χ2n) is 2.28. The van der Waals surface area contributed by atoms with Crippen LogP contribution in [0.3, 0.4) is 0 Å². The van der Waals surface area contributed by atoms with Crippen molar-refractivity contribution in [2.24, 2.45) is 0 Å². The molecule has 0 aromatic carbocycles. The zero-order chi connectivity index (χ0) is 7.49. The summed E-state index contributed by atoms with van der Waals surface area (Å²) in [7, 11) is -2.89. The van der Waals surface area contributed by atoms with E-state index in [0.717, 1.165) is 5.57 Å². The van der Waals surface area contributed by atoms with E-state index in [4.69, 9.17) is 4.89 Å². The van der Waals surface area contributed by atoms with Gasteiger partial charge in [-0.2, -0.15) is 0 Å². The van der Waals surface area contributed by atoms with Crippen molar-refractivity contribution in [3.05, 3.63) is 11.4 Å². The predicted molar refractivity (Wildman–Crippen MR) is 39.8 cm³/mol. The molecule has 0 amide bonds. The van der Waals surface area contributed by atoms with E-state index in [1.807, 2.05) is 13.8 Å². The molecule has 0 rings (SSSR count). The van der Waals surface area contributed by atoms with Gasteiger partial charge >= 0.3 is 0 Å². The molecule has 0 fully saturated rings. The third-order valence-electron chi connectivity index (χ3n) is 0.913. The molecule has 54 valence electrons. The fourth-order valence-corrected chi connectivity index (χ4v) is 1.48. The van der Waals surface area contributed by atoms with E-state index in [1.54, 1.807) is 6.92 Å². The van der Waals surface area contributed by atoms with Crippen LogP contribution in [0.2, 0.25) is 0 Å². The Morgan fingerprint density at radius 2 is 2.11 bits per heavy atom. The largest absolute Gasteiger partial charge is 0.341 e. The van der Waals surface area contributed by atoms with E-state index >= 15 is 0 Å². The highest BCUT2D eigenvalue weighted by atomic mass is 31.2. The summed E-state index contributed by atoms with van der Waals surface area (Å²) in [5.74, 6) is 1.44. The van der Waals surface area contributed by atoms with Gasteiger partial charge in [-0.25, -0.2) is 0 Å². The molecule has 0 aromatic heterocycles. The van der Waals surface area contributed by atoms with Crippen molar-refractivity contribution in [3.8, 4) is 0 Å². The van der Waals surface area contributed by atoms with Crippen LogP contribution in [-0.4, -0.2) is 11.1 Å². The van der Waals surface area contributed by atoms with E-state index in [2.05, 4.69) is 0 Å². The molecule has 0 bridgehead atoms. The lowest BCUT2D eigenvalue weighted by Gasteiger charge is -2.01. The first-order chi connectivity index (χ1) is 3.98. The molecule has 2 nitrogen and oxygen atoms in total. The van der Waals surface area contributed by atoms with Crippen molar-refractivity contribution in [2.75, 3.05) is 6.16 Å². The third kappa shape index (κ3) is 4.43. The quantitative estimate of drug-likeness (QED) is 0.609. The molecule has 0 spiro atoms. The van der Waals surface area contributed by atoms with Gasteiger partial charge in [-0.05, 0) is 19.7 Å². The topological polar surface area (TPSA) is 37.3 Å². The monoisotopic (exact) mass is 148 g/mol. The van der Waals surface area contributed by atoms with Crippen molar-refractivity contribution in [1.82, 2.24) is 0 Å². The van der Waals surface area contributed by atoms with Gasteiger partial charge in [0.2, 0.25) is 7.37 Å². The molecule has 3 heteroatoms. The molecule has 0 aliphatic rings. The van der Waals surface area contributed by atoms with Crippen LogP contribution in [-0.2, 0) is 4.57 Å². The molecule has 0 saturated heterocycles. The molecular formula is C6H13O2P. The molecule has 0 heterocycles. The van der Waals surface area contributed by atoms with Crippen molar-refractivity contribution < 1.29 is 9.46 Å². The van der Waals surface area contributed by atoms with Gasteiger partial charge in [-0.3, -0.25) is 4.57 Å². The number of allylic oxidation sites excluding steroid dienone is 1. The lowest BCUT2D eigenvalue weighted by molar-refractivity contribution is 0.490. The van der Waals surface area contributed by atoms with E-state index in [1.165, 1.54) is 5.82 Å². The van der Waals surface area contributed by atoms with Crippen LogP contribution in [0.5, 0.6) is 0 Å². The smallest absolute Gasteiger partial charge is 0.222 e. The lowest BCUT2D eigenvalue weighted by atomic mass is 10.4. The first-order valence-electron chi connectivity index (χ1n) is 2.95. The van der Waals surface area contributed by atoms with Gasteiger partial charge in [0.25, 0.3) is 0 Å². The summed E-state index contributed by atoms with van der Waals surface area (Å²) in [5.41, 5.74) is 0.905. The lowest BCUT2D eigenvalue weighted by Crippen LogP contribution is -1.78. The Kier molecular flexibility index (Phi) is 3.16. The van der Waals surface area contributed by atoms with Crippen LogP contribution in [0.1, 0.15) is 20.8 Å². The molecular weight excluding hydrogens is 135 g/mol. The minimum Gasteiger partial charge on any atom is -0.341 e. The molecule has 1 unspecified atom stereocenters. The van der Waals surface area contributed by atoms with Crippen LogP contribution in [0.25, 0.3) is 0 Å². The Morgan fingerprint density at radius 3 is 2.22 bits per heavy atom. The van der Waals surface area contributed by atoms with E-state index in [-0.39, 0.29) is 0 Å². The highest BCUT2D eigenvalue weighted by Gasteiger charge is 2.08. The molecule has 0 radical (unpaired) electrons. The van der Waals surface area contributed by atoms with Crippen molar-refractivity contribution in [2.45, 2.75) is 20.8 Å². The van der Waals surface area contributed by atoms with Gasteiger partial charge in [0.1, 0.15) is 0 Å². The Labute approximate surface area is 56.0 Å². The highest BCUT2D eigenvalue weighted by Crippen LogP contribution is 2.42. The van der Waals surface area contributed by atoms with Crippen molar-refractivity contribution in [1.29, 1.82) is 0 Å². The Morgan fingerprint density at radius 1 is 1.67 bits per heavy atom. The summed E-state index contributed by atoms with van der Waals surface area (Å²) < 4.78 is 10.9. The van der Waals surface area contributed by atoms with E-state index < -0.39 is 7.37 Å². The van der Waals surface area contributed by atoms with Crippen molar-refractivity contribution in [3.63, 3.8) is 0 Å². The number of hydrogen-bond acceptors (Lipinski definition) is 1. The maximum absolute atomic E-state index is 10.9. The summed E-state index contributed by atoms with van der Waals surface area (Å²) >= 11 is 0. The van der Waals surface area contributed by atoms with Gasteiger partial charge in [0, 0.05) is 6.16 Å². The maximum atomic E-state index is 10.9. The second kappa shape index (κ2) is 3.19. The second-order valence-corrected chi connectivity index (χ2v) is 4.68. The Bertz CT molecular complexity index is 156. The number of rotatable bonds is 2. The van der Waals surface area contributed by atoms with E-state index in [0.29, 0.717) is 6.16 Å². The normalized spacial score (nSPS) is 16.4. The highest BCUT2D eigenvalue weighted by molar-refractivity contribution is 7.61. The summed E-state index contributed by atoms with van der Waals surface area (Å²) in [4.78, 5) is 8.97. The molecule has 0 aromatic rings. The van der Waals surface area contributed by atoms with Gasteiger partial charge in [-0.1, -0.05) is 12.5 Å². The average Bonchev–Trinajstić information content (AvgIpc) is 1.63. The van der Waals surface area contributed by atoms with E-state index in [9.17, 15) is 4.57 Å². The van der Waals surface area contributed by atoms with Crippen LogP contribution < -0.4 is 0 Å². The molecule has 9 heavy (non-hydrogen) atoms. The third-order valence-corrected chi connectivity index (χ3v) is 2.74. The minimum absolute atomic E-state index is 0.332. The predicted octanol–water partition coefficient (Wildman–Crippen LogP) is 2.20. The zero-order valence-electron chi connectivity index (χ0n) is 6.09. The van der Waals surface area contributed by atoms with Crippen LogP contribution >= 0.6 is 7.37 Å². The standard InChI is InChI=1S/C6H13O2P/c1-4-9(7,8)5-6(2)3/h5H,4H2,1-3H3,(H,7,8). The summed E-state index contributed by atoms with van der Waals surface area (Å²) in [6.45, 7) is 5.34. The molecule has 0 aliphatic heterocycles. The first kappa shape index (κ1) is 8.93. The van der Waals surface area contributed by atoms with Gasteiger partial charge in [0.15, 0.2) is 0 Å². The fourth-order valence-electron chi connectivity index (χ4n) is 0.495. The molecule has 1 N–H and O–H groups in total. The summed E-state index contributed by atoms with van der Waals surface area (Å²) in [6, 6.07) is 0. The Hall–Kier alpha value is -0.0700. The molecule has 1 atom stereocenters. The first-order valence-corrected chi connectivity index (χ1v) is 4.87. The van der Waals surface area contributed by atoms with Crippen molar-refractivity contribution >= 4 is 7.37 Å². The maximum Gasteiger partial charge on any atom is 0.222 e. The van der Waals surface area contributed by atoms with Gasteiger partial charge in [0.05, 0.1) is 0 Å².